The first-order valence-electron chi connectivity index (χ1n) is 8.42. The second kappa shape index (κ2) is 6.99. The molecule has 8 heteroatoms. The Balaban J connectivity index is 1.55. The Kier molecular flexibility index (Phi) is 4.37. The van der Waals surface area contributed by atoms with Gasteiger partial charge in [-0.1, -0.05) is 18.2 Å². The van der Waals surface area contributed by atoms with Crippen LogP contribution in [0.25, 0.3) is 5.69 Å². The SMILES string of the molecule is O=C1CC(C(=O)NCc2ccccc2-n2cncn2)c2cc(F)ccc2N1. The van der Waals surface area contributed by atoms with Gasteiger partial charge in [0.2, 0.25) is 11.8 Å². The highest BCUT2D eigenvalue weighted by atomic mass is 19.1. The maximum atomic E-state index is 13.6. The van der Waals surface area contributed by atoms with E-state index >= 15 is 0 Å². The van der Waals surface area contributed by atoms with E-state index in [1.165, 1.54) is 24.5 Å². The van der Waals surface area contributed by atoms with Crippen LogP contribution < -0.4 is 10.6 Å². The molecule has 2 N–H and O–H groups in total. The predicted octanol–water partition coefficient (Wildman–Crippen LogP) is 2.15. The van der Waals surface area contributed by atoms with Gasteiger partial charge in [-0.3, -0.25) is 9.59 Å². The van der Waals surface area contributed by atoms with Crippen molar-refractivity contribution in [2.75, 3.05) is 5.32 Å². The molecule has 4 rings (SSSR count). The summed E-state index contributed by atoms with van der Waals surface area (Å²) >= 11 is 0. The number of hydrogen-bond acceptors (Lipinski definition) is 4. The normalized spacial score (nSPS) is 15.7. The summed E-state index contributed by atoms with van der Waals surface area (Å²) in [5.74, 6) is -1.77. The smallest absolute Gasteiger partial charge is 0.228 e. The number of nitrogens with one attached hydrogen (secondary N) is 2. The van der Waals surface area contributed by atoms with Crippen LogP contribution in [0.2, 0.25) is 0 Å². The number of fused-ring (bicyclic) bond motifs is 1. The van der Waals surface area contributed by atoms with Crippen molar-refractivity contribution in [3.8, 4) is 5.69 Å². The maximum absolute atomic E-state index is 13.6. The molecule has 0 bridgehead atoms. The molecule has 27 heavy (non-hydrogen) atoms. The van der Waals surface area contributed by atoms with Gasteiger partial charge in [-0.25, -0.2) is 14.1 Å². The largest absolute Gasteiger partial charge is 0.351 e. The maximum Gasteiger partial charge on any atom is 0.228 e. The summed E-state index contributed by atoms with van der Waals surface area (Å²) in [6.45, 7) is 0.248. The quantitative estimate of drug-likeness (QED) is 0.741. The molecule has 1 atom stereocenters. The van der Waals surface area contributed by atoms with E-state index in [1.54, 1.807) is 11.0 Å². The highest BCUT2D eigenvalue weighted by Gasteiger charge is 2.31. The van der Waals surface area contributed by atoms with Gasteiger partial charge >= 0.3 is 0 Å². The summed E-state index contributed by atoms with van der Waals surface area (Å²) in [6, 6.07) is 11.5. The number of nitrogens with zero attached hydrogens (tertiary/aromatic N) is 3. The number of amides is 2. The molecule has 1 unspecified atom stereocenters. The van der Waals surface area contributed by atoms with Crippen molar-refractivity contribution in [2.45, 2.75) is 18.9 Å². The first kappa shape index (κ1) is 16.9. The Morgan fingerprint density at radius 2 is 2.15 bits per heavy atom. The highest BCUT2D eigenvalue weighted by molar-refractivity contribution is 6.01. The molecular weight excluding hydrogens is 349 g/mol. The highest BCUT2D eigenvalue weighted by Crippen LogP contribution is 2.33. The summed E-state index contributed by atoms with van der Waals surface area (Å²) in [5, 5.41) is 9.63. The zero-order valence-corrected chi connectivity index (χ0v) is 14.2. The summed E-state index contributed by atoms with van der Waals surface area (Å²) in [7, 11) is 0. The van der Waals surface area contributed by atoms with Crippen molar-refractivity contribution in [3.05, 3.63) is 72.1 Å². The lowest BCUT2D eigenvalue weighted by atomic mass is 9.89. The Hall–Kier alpha value is -3.55. The van der Waals surface area contributed by atoms with E-state index in [2.05, 4.69) is 20.7 Å². The number of anilines is 1. The zero-order chi connectivity index (χ0) is 18.8. The average molecular weight is 365 g/mol. The van der Waals surface area contributed by atoms with Crippen LogP contribution in [0.5, 0.6) is 0 Å². The van der Waals surface area contributed by atoms with Crippen molar-refractivity contribution in [3.63, 3.8) is 0 Å². The van der Waals surface area contributed by atoms with Crippen LogP contribution >= 0.6 is 0 Å². The second-order valence-corrected chi connectivity index (χ2v) is 6.22. The molecule has 1 aliphatic heterocycles. The molecule has 0 fully saturated rings. The summed E-state index contributed by atoms with van der Waals surface area (Å²) < 4.78 is 15.2. The van der Waals surface area contributed by atoms with Crippen LogP contribution in [0.4, 0.5) is 10.1 Å². The minimum atomic E-state index is -0.733. The van der Waals surface area contributed by atoms with Crippen LogP contribution in [0.3, 0.4) is 0 Å². The van der Waals surface area contributed by atoms with Gasteiger partial charge in [-0.15, -0.1) is 0 Å². The molecule has 2 aromatic carbocycles. The number of carbonyl (C=O) groups excluding carboxylic acids is 2. The Morgan fingerprint density at radius 1 is 1.30 bits per heavy atom. The van der Waals surface area contributed by atoms with E-state index in [1.807, 2.05) is 24.3 Å². The Labute approximate surface area is 154 Å². The van der Waals surface area contributed by atoms with E-state index in [4.69, 9.17) is 0 Å². The standard InChI is InChI=1S/C19H16FN5O2/c20-13-5-6-16-14(7-13)15(8-18(26)24-16)19(27)22-9-12-3-1-2-4-17(12)25-11-21-10-23-25/h1-7,10-11,15H,8-9H2,(H,22,27)(H,24,26). The molecule has 1 aromatic heterocycles. The van der Waals surface area contributed by atoms with Crippen molar-refractivity contribution in [2.24, 2.45) is 0 Å². The Morgan fingerprint density at radius 3 is 2.96 bits per heavy atom. The lowest BCUT2D eigenvalue weighted by molar-refractivity contribution is -0.126. The van der Waals surface area contributed by atoms with Crippen molar-refractivity contribution in [1.29, 1.82) is 0 Å². The van der Waals surface area contributed by atoms with Crippen LogP contribution in [0.1, 0.15) is 23.5 Å². The second-order valence-electron chi connectivity index (χ2n) is 6.22. The van der Waals surface area contributed by atoms with Crippen molar-refractivity contribution < 1.29 is 14.0 Å². The third-order valence-corrected chi connectivity index (χ3v) is 4.48. The number of aromatic nitrogens is 3. The summed E-state index contributed by atoms with van der Waals surface area (Å²) in [4.78, 5) is 28.6. The van der Waals surface area contributed by atoms with Gasteiger partial charge in [0.1, 0.15) is 18.5 Å². The number of carbonyl (C=O) groups is 2. The molecule has 0 spiro atoms. The molecular formula is C19H16FN5O2. The number of benzene rings is 2. The van der Waals surface area contributed by atoms with E-state index in [0.29, 0.717) is 11.3 Å². The van der Waals surface area contributed by atoms with Gasteiger partial charge in [0.25, 0.3) is 0 Å². The lowest BCUT2D eigenvalue weighted by Crippen LogP contribution is -2.35. The minimum absolute atomic E-state index is 0.0208. The first-order valence-corrected chi connectivity index (χ1v) is 8.42. The van der Waals surface area contributed by atoms with Gasteiger partial charge in [-0.2, -0.15) is 5.10 Å². The molecule has 2 heterocycles. The first-order chi connectivity index (χ1) is 13.1. The molecule has 2 amide bonds. The third kappa shape index (κ3) is 3.41. The zero-order valence-electron chi connectivity index (χ0n) is 14.2. The molecule has 0 radical (unpaired) electrons. The molecule has 0 aliphatic carbocycles. The molecule has 7 nitrogen and oxygen atoms in total. The van der Waals surface area contributed by atoms with E-state index in [9.17, 15) is 14.0 Å². The molecule has 136 valence electrons. The number of rotatable bonds is 4. The van der Waals surface area contributed by atoms with Gasteiger partial charge in [0.15, 0.2) is 0 Å². The summed E-state index contributed by atoms with van der Waals surface area (Å²) in [5.41, 5.74) is 2.59. The van der Waals surface area contributed by atoms with Crippen LogP contribution in [-0.4, -0.2) is 26.6 Å². The van der Waals surface area contributed by atoms with Crippen molar-refractivity contribution >= 4 is 17.5 Å². The molecule has 0 saturated carbocycles. The predicted molar refractivity (Wildman–Crippen MR) is 95.6 cm³/mol. The number of halogens is 1. The lowest BCUT2D eigenvalue weighted by Gasteiger charge is -2.25. The van der Waals surface area contributed by atoms with Gasteiger partial charge in [0, 0.05) is 18.7 Å². The molecule has 3 aromatic rings. The topological polar surface area (TPSA) is 88.9 Å². The van der Waals surface area contributed by atoms with Crippen molar-refractivity contribution in [1.82, 2.24) is 20.1 Å². The third-order valence-electron chi connectivity index (χ3n) is 4.48. The number of para-hydroxylation sites is 1. The molecule has 0 saturated heterocycles. The minimum Gasteiger partial charge on any atom is -0.351 e. The van der Waals surface area contributed by atoms with Gasteiger partial charge < -0.3 is 10.6 Å². The summed E-state index contributed by atoms with van der Waals surface area (Å²) in [6.07, 6.45) is 2.99. The van der Waals surface area contributed by atoms with E-state index in [-0.39, 0.29) is 24.8 Å². The van der Waals surface area contributed by atoms with Crippen LogP contribution in [0, 0.1) is 5.82 Å². The fourth-order valence-electron chi connectivity index (χ4n) is 3.19. The molecule has 1 aliphatic rings. The van der Waals surface area contributed by atoms with Gasteiger partial charge in [0.05, 0.1) is 11.6 Å². The van der Waals surface area contributed by atoms with E-state index < -0.39 is 11.7 Å². The van der Waals surface area contributed by atoms with E-state index in [0.717, 1.165) is 11.3 Å². The van der Waals surface area contributed by atoms with Gasteiger partial charge in [-0.05, 0) is 35.4 Å². The fraction of sp³-hybridized carbons (Fsp3) is 0.158. The number of hydrogen-bond donors (Lipinski definition) is 2. The average Bonchev–Trinajstić information content (AvgIpc) is 3.20. The fourth-order valence-corrected chi connectivity index (χ4v) is 3.19. The van der Waals surface area contributed by atoms with Crippen LogP contribution in [0.15, 0.2) is 55.1 Å². The van der Waals surface area contributed by atoms with Crippen LogP contribution in [-0.2, 0) is 16.1 Å². The monoisotopic (exact) mass is 365 g/mol. The Bertz CT molecular complexity index is 1000.